The van der Waals surface area contributed by atoms with Crippen molar-refractivity contribution in [2.75, 3.05) is 26.3 Å². The van der Waals surface area contributed by atoms with E-state index in [1.807, 2.05) is 0 Å². The van der Waals surface area contributed by atoms with Crippen LogP contribution in [-0.2, 0) is 9.36 Å². The SMILES string of the molecule is C=CCON(N(CC=C)CC=C)[PH](O)(O)OCC=C. The van der Waals surface area contributed by atoms with Crippen LogP contribution in [-0.4, -0.2) is 46.0 Å². The number of hydrogen-bond donors (Lipinski definition) is 2. The van der Waals surface area contributed by atoms with Crippen LogP contribution in [0.1, 0.15) is 0 Å². The van der Waals surface area contributed by atoms with Crippen molar-refractivity contribution in [1.82, 2.24) is 9.95 Å². The van der Waals surface area contributed by atoms with Crippen LogP contribution in [0, 0.1) is 0 Å². The first-order chi connectivity index (χ1) is 9.03. The molecule has 0 saturated heterocycles. The molecule has 0 aliphatic heterocycles. The van der Waals surface area contributed by atoms with Crippen LogP contribution in [0.5, 0.6) is 0 Å². The van der Waals surface area contributed by atoms with E-state index in [1.54, 1.807) is 12.2 Å². The summed E-state index contributed by atoms with van der Waals surface area (Å²) >= 11 is 0. The van der Waals surface area contributed by atoms with Gasteiger partial charge in [-0.2, -0.15) is 0 Å². The second-order valence-electron chi connectivity index (χ2n) is 3.48. The summed E-state index contributed by atoms with van der Waals surface area (Å²) in [5.74, 6) is 0. The molecule has 19 heavy (non-hydrogen) atoms. The minimum atomic E-state index is -4.21. The minimum absolute atomic E-state index is 0.00316. The molecule has 0 unspecified atom stereocenters. The van der Waals surface area contributed by atoms with E-state index in [-0.39, 0.29) is 13.2 Å². The van der Waals surface area contributed by atoms with Gasteiger partial charge in [0.15, 0.2) is 0 Å². The van der Waals surface area contributed by atoms with Crippen LogP contribution in [0.2, 0.25) is 0 Å². The molecule has 0 spiro atoms. The van der Waals surface area contributed by atoms with Crippen molar-refractivity contribution in [3.8, 4) is 0 Å². The molecule has 0 aliphatic rings. The molecule has 6 nitrogen and oxygen atoms in total. The van der Waals surface area contributed by atoms with Gasteiger partial charge in [0.1, 0.15) is 0 Å². The van der Waals surface area contributed by atoms with Gasteiger partial charge in [-0.25, -0.2) is 0 Å². The van der Waals surface area contributed by atoms with Crippen molar-refractivity contribution in [2.24, 2.45) is 0 Å². The van der Waals surface area contributed by atoms with Crippen LogP contribution < -0.4 is 0 Å². The van der Waals surface area contributed by atoms with Gasteiger partial charge in [0.05, 0.1) is 0 Å². The van der Waals surface area contributed by atoms with Gasteiger partial charge in [-0.1, -0.05) is 0 Å². The van der Waals surface area contributed by atoms with Gasteiger partial charge >= 0.3 is 114 Å². The molecule has 7 heteroatoms. The third-order valence-corrected chi connectivity index (χ3v) is 3.36. The predicted molar refractivity (Wildman–Crippen MR) is 78.9 cm³/mol. The fourth-order valence-electron chi connectivity index (χ4n) is 1.22. The van der Waals surface area contributed by atoms with Gasteiger partial charge in [0.2, 0.25) is 0 Å². The van der Waals surface area contributed by atoms with Crippen LogP contribution >= 0.6 is 8.09 Å². The molecule has 0 radical (unpaired) electrons. The standard InChI is InChI=1S/C12H23N2O4P/c1-5-9-13(10-6-2)14(17-11-7-3)19(15,16)18-12-8-4/h5-8,15-16,19H,1-4,9-12H2. The molecule has 0 aliphatic carbocycles. The Morgan fingerprint density at radius 2 is 1.42 bits per heavy atom. The molecule has 2 N–H and O–H groups in total. The van der Waals surface area contributed by atoms with Gasteiger partial charge in [0, 0.05) is 0 Å². The van der Waals surface area contributed by atoms with Gasteiger partial charge in [0.25, 0.3) is 0 Å². The van der Waals surface area contributed by atoms with Crippen molar-refractivity contribution in [3.05, 3.63) is 50.6 Å². The van der Waals surface area contributed by atoms with E-state index in [1.165, 1.54) is 17.2 Å². The third-order valence-electron chi connectivity index (χ3n) is 1.90. The monoisotopic (exact) mass is 290 g/mol. The molecule has 0 aromatic heterocycles. The van der Waals surface area contributed by atoms with Crippen molar-refractivity contribution < 1.29 is 19.1 Å². The molecule has 0 atom stereocenters. The fraction of sp³-hybridized carbons (Fsp3) is 0.333. The van der Waals surface area contributed by atoms with E-state index >= 15 is 0 Å². The molecule has 0 saturated carbocycles. The van der Waals surface area contributed by atoms with Gasteiger partial charge in [-0.05, 0) is 0 Å². The Balaban J connectivity index is 4.99. The fourth-order valence-corrected chi connectivity index (χ4v) is 2.45. The average Bonchev–Trinajstić information content (AvgIpc) is 2.37. The molecule has 0 fully saturated rings. The number of hydrazine groups is 1. The average molecular weight is 290 g/mol. The Morgan fingerprint density at radius 3 is 1.84 bits per heavy atom. The molecule has 0 heterocycles. The van der Waals surface area contributed by atoms with Crippen LogP contribution in [0.15, 0.2) is 50.6 Å². The maximum absolute atomic E-state index is 10.0. The van der Waals surface area contributed by atoms with Crippen molar-refractivity contribution in [1.29, 1.82) is 0 Å². The summed E-state index contributed by atoms with van der Waals surface area (Å²) < 4.78 is 5.00. The Kier molecular flexibility index (Phi) is 9.55. The second kappa shape index (κ2) is 10.00. The summed E-state index contributed by atoms with van der Waals surface area (Å²) in [6.45, 7) is 15.0. The third kappa shape index (κ3) is 6.75. The maximum atomic E-state index is 10.0. The van der Waals surface area contributed by atoms with Crippen molar-refractivity contribution >= 4 is 8.09 Å². The van der Waals surface area contributed by atoms with Crippen LogP contribution in [0.3, 0.4) is 0 Å². The normalized spacial score (nSPS) is 12.4. The molecule has 0 rings (SSSR count). The zero-order chi connectivity index (χ0) is 14.7. The zero-order valence-corrected chi connectivity index (χ0v) is 12.1. The van der Waals surface area contributed by atoms with Crippen molar-refractivity contribution in [3.63, 3.8) is 0 Å². The molecule has 0 bridgehead atoms. The van der Waals surface area contributed by atoms with Gasteiger partial charge < -0.3 is 0 Å². The van der Waals surface area contributed by atoms with E-state index in [9.17, 15) is 9.79 Å². The molecule has 110 valence electrons. The first-order valence-electron chi connectivity index (χ1n) is 5.73. The first kappa shape index (κ1) is 18.1. The van der Waals surface area contributed by atoms with Crippen LogP contribution in [0.4, 0.5) is 0 Å². The molecular formula is C12H23N2O4P. The molecule has 0 amide bonds. The van der Waals surface area contributed by atoms with E-state index in [2.05, 4.69) is 26.3 Å². The summed E-state index contributed by atoms with van der Waals surface area (Å²) in [5.41, 5.74) is 0. The Bertz CT molecular complexity index is 300. The van der Waals surface area contributed by atoms with Gasteiger partial charge in [-0.3, -0.25) is 0 Å². The van der Waals surface area contributed by atoms with Crippen molar-refractivity contribution in [2.45, 2.75) is 0 Å². The van der Waals surface area contributed by atoms with E-state index in [0.717, 1.165) is 4.94 Å². The van der Waals surface area contributed by atoms with E-state index < -0.39 is 8.09 Å². The predicted octanol–water partition coefficient (Wildman–Crippen LogP) is 1.59. The topological polar surface area (TPSA) is 65.4 Å². The summed E-state index contributed by atoms with van der Waals surface area (Å²) in [5, 5.41) is 1.51. The second-order valence-corrected chi connectivity index (χ2v) is 5.30. The van der Waals surface area contributed by atoms with Crippen LogP contribution in [0.25, 0.3) is 0 Å². The van der Waals surface area contributed by atoms with Gasteiger partial charge in [-0.15, -0.1) is 0 Å². The molecule has 0 aromatic carbocycles. The Hall–Kier alpha value is -0.850. The number of nitrogens with zero attached hydrogens (tertiary/aromatic N) is 2. The summed E-state index contributed by atoms with van der Waals surface area (Å²) in [4.78, 5) is 26.3. The number of hydrogen-bond acceptors (Lipinski definition) is 6. The summed E-state index contributed by atoms with van der Waals surface area (Å²) in [6.07, 6.45) is 6.12. The quantitative estimate of drug-likeness (QED) is 0.323. The summed E-state index contributed by atoms with van der Waals surface area (Å²) in [7, 11) is -4.21. The number of rotatable bonds is 12. The zero-order valence-electron chi connectivity index (χ0n) is 11.1. The van der Waals surface area contributed by atoms with E-state index in [4.69, 9.17) is 9.36 Å². The summed E-state index contributed by atoms with van der Waals surface area (Å²) in [6, 6.07) is 0. The Morgan fingerprint density at radius 1 is 0.895 bits per heavy atom. The van der Waals surface area contributed by atoms with E-state index in [0.29, 0.717) is 13.1 Å². The molecular weight excluding hydrogens is 267 g/mol. The molecule has 0 aromatic rings. The first-order valence-corrected chi connectivity index (χ1v) is 7.48. The Labute approximate surface area is 115 Å².